The van der Waals surface area contributed by atoms with Crippen molar-refractivity contribution in [2.24, 2.45) is 0 Å². The Bertz CT molecular complexity index is 346. The van der Waals surface area contributed by atoms with Crippen LogP contribution in [0.3, 0.4) is 0 Å². The van der Waals surface area contributed by atoms with Crippen LogP contribution in [0.25, 0.3) is 0 Å². The molecule has 0 aromatic rings. The van der Waals surface area contributed by atoms with Crippen molar-refractivity contribution in [3.63, 3.8) is 0 Å². The highest BCUT2D eigenvalue weighted by atomic mass is 15.3. The van der Waals surface area contributed by atoms with E-state index in [1.54, 1.807) is 0 Å². The van der Waals surface area contributed by atoms with E-state index in [-0.39, 0.29) is 0 Å². The molecule has 0 aromatic carbocycles. The summed E-state index contributed by atoms with van der Waals surface area (Å²) >= 11 is 0. The lowest BCUT2D eigenvalue weighted by Gasteiger charge is -2.36. The molecule has 0 aromatic heterocycles. The average Bonchev–Trinajstić information content (AvgIpc) is 3.49. The van der Waals surface area contributed by atoms with Crippen LogP contribution in [0.2, 0.25) is 0 Å². The zero-order chi connectivity index (χ0) is 18.4. The summed E-state index contributed by atoms with van der Waals surface area (Å²) in [5.41, 5.74) is 1.06. The number of nitrogens with one attached hydrogen (secondary N) is 2. The standard InChI is InChI=1S/C9H18N2.C9H20N2.C2H6/c1-8(2)11-6-5-10-9(7-11)3-4-9;1-8(2)11(4)9(5-6-9)7-10-3;1-2/h8,10H,3-7H2,1-2H3;8,10H,5-7H2,1-4H3;1-2H3. The van der Waals surface area contributed by atoms with Crippen molar-refractivity contribution in [1.82, 2.24) is 20.4 Å². The third-order valence-corrected chi connectivity index (χ3v) is 5.84. The van der Waals surface area contributed by atoms with Crippen molar-refractivity contribution in [2.75, 3.05) is 40.3 Å². The summed E-state index contributed by atoms with van der Waals surface area (Å²) in [6.07, 6.45) is 5.53. The van der Waals surface area contributed by atoms with Gasteiger partial charge in [0.15, 0.2) is 0 Å². The zero-order valence-electron chi connectivity index (χ0n) is 17.7. The molecule has 3 fully saturated rings. The van der Waals surface area contributed by atoms with Gasteiger partial charge in [0.05, 0.1) is 0 Å². The summed E-state index contributed by atoms with van der Waals surface area (Å²) < 4.78 is 0. The van der Waals surface area contributed by atoms with Crippen LogP contribution in [0.1, 0.15) is 67.2 Å². The summed E-state index contributed by atoms with van der Waals surface area (Å²) in [7, 11) is 4.27. The van der Waals surface area contributed by atoms with Crippen LogP contribution in [0.4, 0.5) is 0 Å². The molecule has 0 radical (unpaired) electrons. The summed E-state index contributed by atoms with van der Waals surface area (Å²) in [4.78, 5) is 5.08. The molecular weight excluding hydrogens is 296 g/mol. The van der Waals surface area contributed by atoms with Crippen LogP contribution >= 0.6 is 0 Å². The van der Waals surface area contributed by atoms with Crippen LogP contribution < -0.4 is 10.6 Å². The maximum absolute atomic E-state index is 3.61. The molecule has 0 bridgehead atoms. The van der Waals surface area contributed by atoms with E-state index in [4.69, 9.17) is 0 Å². The van der Waals surface area contributed by atoms with Crippen LogP contribution in [0.5, 0.6) is 0 Å². The van der Waals surface area contributed by atoms with Crippen molar-refractivity contribution >= 4 is 0 Å². The third-order valence-electron chi connectivity index (χ3n) is 5.84. The number of nitrogens with zero attached hydrogens (tertiary/aromatic N) is 2. The Labute approximate surface area is 151 Å². The lowest BCUT2D eigenvalue weighted by molar-refractivity contribution is 0.153. The van der Waals surface area contributed by atoms with Gasteiger partial charge in [0.25, 0.3) is 0 Å². The SMILES string of the molecule is CC.CC(C)N1CCNC2(CC2)C1.CNCC1(N(C)C(C)C)CC1. The van der Waals surface area contributed by atoms with Gasteiger partial charge in [-0.05, 0) is 67.5 Å². The first kappa shape index (κ1) is 21.9. The van der Waals surface area contributed by atoms with Crippen molar-refractivity contribution in [3.05, 3.63) is 0 Å². The predicted octanol–water partition coefficient (Wildman–Crippen LogP) is 2.94. The second-order valence-electron chi connectivity index (χ2n) is 8.23. The molecule has 24 heavy (non-hydrogen) atoms. The quantitative estimate of drug-likeness (QED) is 0.805. The summed E-state index contributed by atoms with van der Waals surface area (Å²) in [6.45, 7) is 18.0. The number of likely N-dealkylation sites (N-methyl/N-ethyl adjacent to an activating group) is 2. The first-order chi connectivity index (χ1) is 11.3. The minimum atomic E-state index is 0.503. The monoisotopic (exact) mass is 340 g/mol. The molecule has 1 spiro atoms. The van der Waals surface area contributed by atoms with E-state index in [0.717, 1.165) is 12.6 Å². The smallest absolute Gasteiger partial charge is 0.0334 e. The molecule has 4 heteroatoms. The summed E-state index contributed by atoms with van der Waals surface area (Å²) in [5, 5.41) is 6.88. The van der Waals surface area contributed by atoms with Gasteiger partial charge in [-0.15, -0.1) is 0 Å². The van der Waals surface area contributed by atoms with Gasteiger partial charge in [0.2, 0.25) is 0 Å². The van der Waals surface area contributed by atoms with Crippen LogP contribution in [0.15, 0.2) is 0 Å². The molecule has 1 aliphatic heterocycles. The number of piperazine rings is 1. The highest BCUT2D eigenvalue weighted by Crippen LogP contribution is 2.41. The molecule has 1 heterocycles. The third kappa shape index (κ3) is 5.98. The van der Waals surface area contributed by atoms with Gasteiger partial charge in [-0.2, -0.15) is 0 Å². The molecule has 2 aliphatic carbocycles. The molecule has 3 rings (SSSR count). The summed E-state index contributed by atoms with van der Waals surface area (Å²) in [5.74, 6) is 0. The second kappa shape index (κ2) is 9.51. The molecule has 2 N–H and O–H groups in total. The zero-order valence-corrected chi connectivity index (χ0v) is 17.7. The second-order valence-corrected chi connectivity index (χ2v) is 8.23. The van der Waals surface area contributed by atoms with E-state index < -0.39 is 0 Å². The Morgan fingerprint density at radius 1 is 1.08 bits per heavy atom. The predicted molar refractivity (Wildman–Crippen MR) is 107 cm³/mol. The van der Waals surface area contributed by atoms with Crippen molar-refractivity contribution in [2.45, 2.75) is 90.4 Å². The van der Waals surface area contributed by atoms with E-state index in [9.17, 15) is 0 Å². The molecule has 0 atom stereocenters. The fourth-order valence-corrected chi connectivity index (χ4v) is 3.59. The molecule has 3 aliphatic rings. The van der Waals surface area contributed by atoms with Gasteiger partial charge in [0, 0.05) is 49.3 Å². The van der Waals surface area contributed by atoms with E-state index in [0.29, 0.717) is 17.1 Å². The maximum atomic E-state index is 3.61. The maximum Gasteiger partial charge on any atom is 0.0334 e. The van der Waals surface area contributed by atoms with Gasteiger partial charge in [-0.3, -0.25) is 9.80 Å². The first-order valence-electron chi connectivity index (χ1n) is 10.2. The van der Waals surface area contributed by atoms with E-state index in [1.165, 1.54) is 45.3 Å². The van der Waals surface area contributed by atoms with Crippen LogP contribution in [-0.2, 0) is 0 Å². The highest BCUT2D eigenvalue weighted by Gasteiger charge is 2.46. The number of hydrogen-bond donors (Lipinski definition) is 2. The highest BCUT2D eigenvalue weighted by molar-refractivity contribution is 5.06. The normalized spacial score (nSPS) is 23.6. The van der Waals surface area contributed by atoms with E-state index in [2.05, 4.69) is 55.2 Å². The molecule has 144 valence electrons. The number of hydrogen-bond acceptors (Lipinski definition) is 4. The average molecular weight is 341 g/mol. The van der Waals surface area contributed by atoms with Gasteiger partial charge >= 0.3 is 0 Å². The Kier molecular flexibility index (Phi) is 8.67. The topological polar surface area (TPSA) is 30.5 Å². The number of rotatable bonds is 5. The summed E-state index contributed by atoms with van der Waals surface area (Å²) in [6, 6.07) is 1.40. The molecule has 0 unspecified atom stereocenters. The first-order valence-corrected chi connectivity index (χ1v) is 10.2. The van der Waals surface area contributed by atoms with Crippen molar-refractivity contribution in [1.29, 1.82) is 0 Å². The van der Waals surface area contributed by atoms with Crippen molar-refractivity contribution in [3.8, 4) is 0 Å². The molecule has 0 amide bonds. The lowest BCUT2D eigenvalue weighted by Crippen LogP contribution is -2.54. The molecule has 1 saturated heterocycles. The van der Waals surface area contributed by atoms with Crippen molar-refractivity contribution < 1.29 is 0 Å². The van der Waals surface area contributed by atoms with Gasteiger partial charge in [0.1, 0.15) is 0 Å². The van der Waals surface area contributed by atoms with E-state index >= 15 is 0 Å². The fraction of sp³-hybridized carbons (Fsp3) is 1.00. The molecule has 2 saturated carbocycles. The Balaban J connectivity index is 0.000000218. The Morgan fingerprint density at radius 3 is 2.04 bits per heavy atom. The minimum Gasteiger partial charge on any atom is -0.318 e. The van der Waals surface area contributed by atoms with Gasteiger partial charge < -0.3 is 10.6 Å². The van der Waals surface area contributed by atoms with Crippen LogP contribution in [-0.4, -0.2) is 73.2 Å². The Hall–Kier alpha value is -0.160. The van der Waals surface area contributed by atoms with Crippen LogP contribution in [0, 0.1) is 0 Å². The minimum absolute atomic E-state index is 0.503. The van der Waals surface area contributed by atoms with E-state index in [1.807, 2.05) is 20.9 Å². The molecular formula is C20H44N4. The van der Waals surface area contributed by atoms with Gasteiger partial charge in [-0.25, -0.2) is 0 Å². The van der Waals surface area contributed by atoms with Gasteiger partial charge in [-0.1, -0.05) is 13.8 Å². The fourth-order valence-electron chi connectivity index (χ4n) is 3.59. The Morgan fingerprint density at radius 2 is 1.67 bits per heavy atom. The largest absolute Gasteiger partial charge is 0.318 e. The molecule has 4 nitrogen and oxygen atoms in total. The lowest BCUT2D eigenvalue weighted by atomic mass is 10.1.